The summed E-state index contributed by atoms with van der Waals surface area (Å²) in [5.74, 6) is 0. The van der Waals surface area contributed by atoms with Gasteiger partial charge in [-0.2, -0.15) is 0 Å². The second kappa shape index (κ2) is 0.900. The zero-order valence-electron chi connectivity index (χ0n) is 3.47. The van der Waals surface area contributed by atoms with E-state index in [1.807, 2.05) is 0 Å². The van der Waals surface area contributed by atoms with Gasteiger partial charge in [-0.15, -0.1) is 0 Å². The fourth-order valence-corrected chi connectivity index (χ4v) is 0.864. The molecule has 2 fully saturated rings. The minimum Gasteiger partial charge on any atom is -0.334 e. The third-order valence-electron chi connectivity index (χ3n) is 1.04. The molecule has 2 rings (SSSR count). The molecule has 0 bridgehead atoms. The molecule has 7 heavy (non-hydrogen) atoms. The summed E-state index contributed by atoms with van der Waals surface area (Å²) < 4.78 is 4.91. The summed E-state index contributed by atoms with van der Waals surface area (Å²) >= 11 is 4.72. The lowest BCUT2D eigenvalue weighted by atomic mass is 10.7. The Bertz CT molecular complexity index is 114. The van der Waals surface area contributed by atoms with Gasteiger partial charge in [-0.25, -0.2) is 0 Å². The van der Waals surface area contributed by atoms with E-state index >= 15 is 0 Å². The second-order valence-electron chi connectivity index (χ2n) is 1.60. The maximum absolute atomic E-state index is 4.91. The van der Waals surface area contributed by atoms with Gasteiger partial charge in [-0.1, -0.05) is 0 Å². The Hall–Kier alpha value is -0.350. The summed E-state index contributed by atoms with van der Waals surface area (Å²) in [7, 11) is 0. The first-order chi connectivity index (χ1) is 3.36. The Morgan fingerprint density at radius 2 is 2.00 bits per heavy atom. The lowest BCUT2D eigenvalue weighted by molar-refractivity contribution is 0.339. The first-order valence-electron chi connectivity index (χ1n) is 2.09. The molecule has 0 amide bonds. The van der Waals surface area contributed by atoms with E-state index < -0.39 is 0 Å². The van der Waals surface area contributed by atoms with E-state index in [4.69, 9.17) is 17.0 Å². The number of ether oxygens (including phenoxy) is 1. The van der Waals surface area contributed by atoms with Crippen LogP contribution >= 0.6 is 12.2 Å². The predicted octanol–water partition coefficient (Wildman–Crippen LogP) is -0.854. The van der Waals surface area contributed by atoms with Crippen molar-refractivity contribution in [2.45, 2.75) is 12.5 Å². The first kappa shape index (κ1) is 3.63. The van der Waals surface area contributed by atoms with Gasteiger partial charge in [0.05, 0.1) is 0 Å². The van der Waals surface area contributed by atoms with Crippen molar-refractivity contribution < 1.29 is 4.74 Å². The van der Waals surface area contributed by atoms with Crippen molar-refractivity contribution in [3.05, 3.63) is 0 Å². The second-order valence-corrected chi connectivity index (χ2v) is 2.00. The maximum Gasteiger partial charge on any atom is 0.177 e. The monoisotopic (exact) mass is 116 g/mol. The van der Waals surface area contributed by atoms with Crippen molar-refractivity contribution in [1.29, 1.82) is 0 Å². The van der Waals surface area contributed by atoms with Crippen LogP contribution in [0, 0.1) is 0 Å². The molecule has 2 aliphatic heterocycles. The minimum atomic E-state index is 0.187. The standard InChI is InChI=1S/C3H4N2OS/c7-3-4-1-2(5-3)6-1/h1-2H,(H2,4,5,7). The maximum atomic E-state index is 4.91. The molecule has 2 atom stereocenters. The van der Waals surface area contributed by atoms with E-state index in [1.54, 1.807) is 0 Å². The van der Waals surface area contributed by atoms with E-state index in [0.717, 1.165) is 0 Å². The summed E-state index contributed by atoms with van der Waals surface area (Å²) in [6.07, 6.45) is 0.375. The van der Waals surface area contributed by atoms with Gasteiger partial charge in [0, 0.05) is 0 Å². The van der Waals surface area contributed by atoms with E-state index in [2.05, 4.69) is 10.6 Å². The largest absolute Gasteiger partial charge is 0.334 e. The lowest BCUT2D eigenvalue weighted by Gasteiger charge is -1.94. The topological polar surface area (TPSA) is 36.6 Å². The highest BCUT2D eigenvalue weighted by molar-refractivity contribution is 7.80. The summed E-state index contributed by atoms with van der Waals surface area (Å²) in [4.78, 5) is 0. The van der Waals surface area contributed by atoms with Gasteiger partial charge in [-0.3, -0.25) is 0 Å². The van der Waals surface area contributed by atoms with E-state index in [-0.39, 0.29) is 12.5 Å². The van der Waals surface area contributed by atoms with Crippen LogP contribution in [-0.2, 0) is 4.74 Å². The number of hydrogen-bond acceptors (Lipinski definition) is 2. The van der Waals surface area contributed by atoms with Crippen LogP contribution in [0.5, 0.6) is 0 Å². The molecule has 0 aliphatic carbocycles. The number of thiocarbonyl (C=S) groups is 1. The third kappa shape index (κ3) is 0.404. The van der Waals surface area contributed by atoms with E-state index in [1.165, 1.54) is 0 Å². The fraction of sp³-hybridized carbons (Fsp3) is 0.667. The smallest absolute Gasteiger partial charge is 0.177 e. The van der Waals surface area contributed by atoms with Gasteiger partial charge in [0.1, 0.15) is 0 Å². The molecule has 2 heterocycles. The van der Waals surface area contributed by atoms with Gasteiger partial charge in [0.15, 0.2) is 17.6 Å². The molecule has 4 heteroatoms. The van der Waals surface area contributed by atoms with Crippen LogP contribution in [0.1, 0.15) is 0 Å². The molecule has 2 aliphatic rings. The van der Waals surface area contributed by atoms with Crippen molar-refractivity contribution in [2.75, 3.05) is 0 Å². The van der Waals surface area contributed by atoms with Gasteiger partial charge in [0.25, 0.3) is 0 Å². The predicted molar refractivity (Wildman–Crippen MR) is 27.5 cm³/mol. The number of rotatable bonds is 0. The zero-order chi connectivity index (χ0) is 4.85. The fourth-order valence-electron chi connectivity index (χ4n) is 0.632. The van der Waals surface area contributed by atoms with Crippen molar-refractivity contribution in [3.63, 3.8) is 0 Å². The Morgan fingerprint density at radius 1 is 1.43 bits per heavy atom. The van der Waals surface area contributed by atoms with E-state index in [9.17, 15) is 0 Å². The average Bonchev–Trinajstić information content (AvgIpc) is 2.15. The normalized spacial score (nSPS) is 44.3. The molecule has 0 saturated carbocycles. The Kier molecular flexibility index (Phi) is 0.466. The Labute approximate surface area is 46.0 Å². The molecule has 2 N–H and O–H groups in total. The van der Waals surface area contributed by atoms with Crippen LogP contribution in [0.15, 0.2) is 0 Å². The molecule has 0 aromatic carbocycles. The van der Waals surface area contributed by atoms with Crippen LogP contribution in [0.2, 0.25) is 0 Å². The quantitative estimate of drug-likeness (QED) is 0.319. The SMILES string of the molecule is S=C1NC2OC2N1. The molecule has 0 spiro atoms. The molecule has 2 saturated heterocycles. The highest BCUT2D eigenvalue weighted by Gasteiger charge is 2.45. The van der Waals surface area contributed by atoms with Crippen molar-refractivity contribution >= 4 is 17.3 Å². The minimum absolute atomic E-state index is 0.187. The van der Waals surface area contributed by atoms with Crippen LogP contribution in [0.4, 0.5) is 0 Å². The number of hydrogen-bond donors (Lipinski definition) is 2. The molecule has 0 aromatic heterocycles. The van der Waals surface area contributed by atoms with Gasteiger partial charge < -0.3 is 15.4 Å². The summed E-state index contributed by atoms with van der Waals surface area (Å²) in [6, 6.07) is 0. The van der Waals surface area contributed by atoms with Crippen molar-refractivity contribution in [3.8, 4) is 0 Å². The summed E-state index contributed by atoms with van der Waals surface area (Å²) in [6.45, 7) is 0. The number of epoxide rings is 1. The highest BCUT2D eigenvalue weighted by Crippen LogP contribution is 2.19. The molecule has 2 unspecified atom stereocenters. The van der Waals surface area contributed by atoms with Crippen LogP contribution in [0.3, 0.4) is 0 Å². The molecule has 3 nitrogen and oxygen atoms in total. The third-order valence-corrected chi connectivity index (χ3v) is 1.27. The molecular formula is C3H4N2OS. The number of fused-ring (bicyclic) bond motifs is 1. The molecule has 38 valence electrons. The molecule has 0 radical (unpaired) electrons. The Balaban J connectivity index is 2.14. The number of nitrogens with one attached hydrogen (secondary N) is 2. The lowest BCUT2D eigenvalue weighted by Crippen LogP contribution is -2.27. The van der Waals surface area contributed by atoms with E-state index in [0.29, 0.717) is 5.11 Å². The van der Waals surface area contributed by atoms with Crippen LogP contribution < -0.4 is 10.6 Å². The van der Waals surface area contributed by atoms with Crippen LogP contribution in [-0.4, -0.2) is 17.6 Å². The summed E-state index contributed by atoms with van der Waals surface area (Å²) in [5, 5.41) is 6.49. The van der Waals surface area contributed by atoms with Crippen molar-refractivity contribution in [2.24, 2.45) is 0 Å². The van der Waals surface area contributed by atoms with Gasteiger partial charge >= 0.3 is 0 Å². The average molecular weight is 116 g/mol. The summed E-state index contributed by atoms with van der Waals surface area (Å²) in [5.41, 5.74) is 0. The van der Waals surface area contributed by atoms with Crippen molar-refractivity contribution in [1.82, 2.24) is 10.6 Å². The Morgan fingerprint density at radius 3 is 2.29 bits per heavy atom. The zero-order valence-corrected chi connectivity index (χ0v) is 4.29. The molecule has 0 aromatic rings. The van der Waals surface area contributed by atoms with Gasteiger partial charge in [0.2, 0.25) is 0 Å². The highest BCUT2D eigenvalue weighted by atomic mass is 32.1. The van der Waals surface area contributed by atoms with Gasteiger partial charge in [-0.05, 0) is 12.2 Å². The molecular weight excluding hydrogens is 112 g/mol. The first-order valence-corrected chi connectivity index (χ1v) is 2.49. The van der Waals surface area contributed by atoms with Crippen LogP contribution in [0.25, 0.3) is 0 Å².